The first-order valence-electron chi connectivity index (χ1n) is 6.60. The second-order valence-electron chi connectivity index (χ2n) is 6.22. The number of ether oxygens (including phenoxy) is 1. The zero-order valence-electron chi connectivity index (χ0n) is 9.70. The summed E-state index contributed by atoms with van der Waals surface area (Å²) in [5.74, 6) is 3.55. The van der Waals surface area contributed by atoms with Gasteiger partial charge in [-0.2, -0.15) is 0 Å². The lowest BCUT2D eigenvalue weighted by atomic mass is 9.65. The SMILES string of the molecule is CC(C)=C1C2CC3OC2C2CCCC3C12. The minimum Gasteiger partial charge on any atom is -0.374 e. The molecule has 0 N–H and O–H groups in total. The predicted molar refractivity (Wildman–Crippen MR) is 59.5 cm³/mol. The fraction of sp³-hybridized carbons (Fsp3) is 0.857. The van der Waals surface area contributed by atoms with Gasteiger partial charge in [0.1, 0.15) is 0 Å². The highest BCUT2D eigenvalue weighted by atomic mass is 16.5. The van der Waals surface area contributed by atoms with E-state index in [2.05, 4.69) is 13.8 Å². The molecular weight excluding hydrogens is 184 g/mol. The minimum absolute atomic E-state index is 0.626. The Morgan fingerprint density at radius 2 is 2.00 bits per heavy atom. The van der Waals surface area contributed by atoms with Crippen LogP contribution in [-0.4, -0.2) is 12.2 Å². The Balaban J connectivity index is 1.88. The summed E-state index contributed by atoms with van der Waals surface area (Å²) in [4.78, 5) is 0. The smallest absolute Gasteiger partial charge is 0.0679 e. The summed E-state index contributed by atoms with van der Waals surface area (Å²) in [6, 6.07) is 0. The van der Waals surface area contributed by atoms with Gasteiger partial charge in [0.15, 0.2) is 0 Å². The van der Waals surface area contributed by atoms with Crippen molar-refractivity contribution in [2.75, 3.05) is 0 Å². The number of allylic oxidation sites excluding steroid dienone is 1. The van der Waals surface area contributed by atoms with E-state index in [1.54, 1.807) is 5.57 Å². The second kappa shape index (κ2) is 2.68. The Bertz CT molecular complexity index is 333. The van der Waals surface area contributed by atoms with Crippen molar-refractivity contribution in [1.82, 2.24) is 0 Å². The molecule has 15 heavy (non-hydrogen) atoms. The van der Waals surface area contributed by atoms with Gasteiger partial charge in [0.05, 0.1) is 12.2 Å². The maximum Gasteiger partial charge on any atom is 0.0679 e. The van der Waals surface area contributed by atoms with Gasteiger partial charge in [0, 0.05) is 5.92 Å². The fourth-order valence-electron chi connectivity index (χ4n) is 5.18. The van der Waals surface area contributed by atoms with Crippen molar-refractivity contribution in [1.29, 1.82) is 0 Å². The molecule has 2 heterocycles. The molecule has 5 aliphatic rings. The van der Waals surface area contributed by atoms with Crippen molar-refractivity contribution in [3.8, 4) is 0 Å². The van der Waals surface area contributed by atoms with Crippen molar-refractivity contribution in [2.24, 2.45) is 23.7 Å². The summed E-state index contributed by atoms with van der Waals surface area (Å²) >= 11 is 0. The zero-order chi connectivity index (χ0) is 10.2. The van der Waals surface area contributed by atoms with E-state index in [4.69, 9.17) is 4.74 Å². The molecule has 1 heteroatoms. The molecule has 1 nitrogen and oxygen atoms in total. The van der Waals surface area contributed by atoms with Crippen LogP contribution in [-0.2, 0) is 4.74 Å². The highest BCUT2D eigenvalue weighted by Crippen LogP contribution is 2.64. The lowest BCUT2D eigenvalue weighted by molar-refractivity contribution is -0.0995. The first kappa shape index (κ1) is 8.81. The van der Waals surface area contributed by atoms with Crippen LogP contribution in [0.4, 0.5) is 0 Å². The molecule has 6 unspecified atom stereocenters. The highest BCUT2D eigenvalue weighted by molar-refractivity contribution is 5.32. The molecule has 0 aromatic heterocycles. The van der Waals surface area contributed by atoms with Crippen LogP contribution in [0.2, 0.25) is 0 Å². The van der Waals surface area contributed by atoms with E-state index in [-0.39, 0.29) is 0 Å². The third-order valence-corrected chi connectivity index (χ3v) is 5.45. The molecule has 5 fully saturated rings. The van der Waals surface area contributed by atoms with Gasteiger partial charge in [-0.1, -0.05) is 17.6 Å². The van der Waals surface area contributed by atoms with E-state index < -0.39 is 0 Å². The van der Waals surface area contributed by atoms with Crippen LogP contribution in [0, 0.1) is 23.7 Å². The summed E-state index contributed by atoms with van der Waals surface area (Å²) in [6.07, 6.45) is 6.95. The normalized spacial score (nSPS) is 55.2. The Morgan fingerprint density at radius 3 is 2.80 bits per heavy atom. The van der Waals surface area contributed by atoms with Crippen LogP contribution in [0.15, 0.2) is 11.1 Å². The molecule has 3 saturated carbocycles. The van der Waals surface area contributed by atoms with Gasteiger partial charge < -0.3 is 4.74 Å². The molecule has 2 saturated heterocycles. The van der Waals surface area contributed by atoms with E-state index in [0.717, 1.165) is 23.7 Å². The highest BCUT2D eigenvalue weighted by Gasteiger charge is 2.63. The molecule has 2 aliphatic heterocycles. The zero-order valence-corrected chi connectivity index (χ0v) is 9.70. The van der Waals surface area contributed by atoms with Crippen LogP contribution < -0.4 is 0 Å². The lowest BCUT2D eigenvalue weighted by Gasteiger charge is -2.45. The van der Waals surface area contributed by atoms with Crippen LogP contribution in [0.5, 0.6) is 0 Å². The van der Waals surface area contributed by atoms with E-state index in [1.807, 2.05) is 5.57 Å². The quantitative estimate of drug-likeness (QED) is 0.551. The molecule has 6 bridgehead atoms. The molecule has 3 aliphatic carbocycles. The van der Waals surface area contributed by atoms with Gasteiger partial charge >= 0.3 is 0 Å². The largest absolute Gasteiger partial charge is 0.374 e. The van der Waals surface area contributed by atoms with Crippen LogP contribution in [0.1, 0.15) is 39.5 Å². The van der Waals surface area contributed by atoms with Gasteiger partial charge in [0.2, 0.25) is 0 Å². The van der Waals surface area contributed by atoms with Gasteiger partial charge in [-0.3, -0.25) is 0 Å². The average Bonchev–Trinajstić information content (AvgIpc) is 2.66. The molecule has 0 amide bonds. The Morgan fingerprint density at radius 1 is 1.20 bits per heavy atom. The summed E-state index contributed by atoms with van der Waals surface area (Å²) < 4.78 is 6.26. The van der Waals surface area contributed by atoms with Gasteiger partial charge in [-0.05, 0) is 50.9 Å². The van der Waals surface area contributed by atoms with Crippen LogP contribution in [0.3, 0.4) is 0 Å². The fourth-order valence-corrected chi connectivity index (χ4v) is 5.18. The average molecular weight is 204 g/mol. The summed E-state index contributed by atoms with van der Waals surface area (Å²) in [6.45, 7) is 4.64. The van der Waals surface area contributed by atoms with Gasteiger partial charge in [-0.15, -0.1) is 0 Å². The van der Waals surface area contributed by atoms with Crippen molar-refractivity contribution >= 4 is 0 Å². The monoisotopic (exact) mass is 204 g/mol. The van der Waals surface area contributed by atoms with Crippen molar-refractivity contribution in [3.63, 3.8) is 0 Å². The van der Waals surface area contributed by atoms with Crippen LogP contribution in [0.25, 0.3) is 0 Å². The molecule has 0 radical (unpaired) electrons. The van der Waals surface area contributed by atoms with Crippen molar-refractivity contribution < 1.29 is 4.74 Å². The Labute approximate surface area is 91.9 Å². The molecule has 0 aromatic rings. The van der Waals surface area contributed by atoms with Gasteiger partial charge in [-0.25, -0.2) is 0 Å². The van der Waals surface area contributed by atoms with Crippen molar-refractivity contribution in [3.05, 3.63) is 11.1 Å². The number of hydrogen-bond donors (Lipinski definition) is 0. The van der Waals surface area contributed by atoms with E-state index >= 15 is 0 Å². The Kier molecular flexibility index (Phi) is 1.58. The maximum atomic E-state index is 6.26. The summed E-state index contributed by atoms with van der Waals surface area (Å²) in [5, 5.41) is 0. The maximum absolute atomic E-state index is 6.26. The van der Waals surface area contributed by atoms with E-state index in [9.17, 15) is 0 Å². The molecule has 0 aromatic carbocycles. The van der Waals surface area contributed by atoms with Crippen LogP contribution >= 0.6 is 0 Å². The molecule has 82 valence electrons. The molecular formula is C14H20O. The number of hydrogen-bond acceptors (Lipinski definition) is 1. The number of rotatable bonds is 0. The lowest BCUT2D eigenvalue weighted by Crippen LogP contribution is -2.43. The van der Waals surface area contributed by atoms with Gasteiger partial charge in [0.25, 0.3) is 0 Å². The molecule has 0 spiro atoms. The minimum atomic E-state index is 0.626. The van der Waals surface area contributed by atoms with E-state index in [0.29, 0.717) is 12.2 Å². The van der Waals surface area contributed by atoms with Crippen molar-refractivity contribution in [2.45, 2.75) is 51.7 Å². The molecule has 6 atom stereocenters. The second-order valence-corrected chi connectivity index (χ2v) is 6.22. The first-order valence-corrected chi connectivity index (χ1v) is 6.60. The molecule has 5 rings (SSSR count). The summed E-state index contributed by atoms with van der Waals surface area (Å²) in [5.41, 5.74) is 3.43. The first-order chi connectivity index (χ1) is 7.27. The van der Waals surface area contributed by atoms with E-state index in [1.165, 1.54) is 25.7 Å². The third kappa shape index (κ3) is 0.898. The topological polar surface area (TPSA) is 9.23 Å². The Hall–Kier alpha value is -0.300. The third-order valence-electron chi connectivity index (χ3n) is 5.45. The summed E-state index contributed by atoms with van der Waals surface area (Å²) in [7, 11) is 0. The standard InChI is InChI=1S/C14H20O/c1-7(2)12-10-6-11-8-4-3-5-9(13(8)12)14(10)15-11/h8-11,13-14H,3-6H2,1-2H3. The predicted octanol–water partition coefficient (Wildman–Crippen LogP) is 3.16.